The molecule has 0 spiro atoms. The van der Waals surface area contributed by atoms with E-state index in [0.717, 1.165) is 0 Å². The first-order chi connectivity index (χ1) is 10.1. The first-order valence-electron chi connectivity index (χ1n) is 6.09. The second-order valence-electron chi connectivity index (χ2n) is 4.44. The zero-order valence-corrected chi connectivity index (χ0v) is 11.6. The van der Waals surface area contributed by atoms with Crippen molar-refractivity contribution in [3.63, 3.8) is 0 Å². The Balaban J connectivity index is 2.13. The van der Waals surface area contributed by atoms with Crippen LogP contribution in [0.4, 0.5) is 4.39 Å². The molecule has 1 aromatic carbocycles. The highest BCUT2D eigenvalue weighted by atomic mass is 32.1. The topological polar surface area (TPSA) is 74.0 Å². The highest BCUT2D eigenvalue weighted by molar-refractivity contribution is 7.80. The molecule has 2 N–H and O–H groups in total. The third-order valence-electron chi connectivity index (χ3n) is 3.09. The van der Waals surface area contributed by atoms with Crippen LogP contribution in [0.3, 0.4) is 0 Å². The number of nitrogens with two attached hydrogens (primary N) is 1. The molecule has 0 saturated heterocycles. The quantitative estimate of drug-likeness (QED) is 0.747. The fraction of sp³-hybridized carbons (Fsp3) is 0.0714. The number of oxazole rings is 1. The summed E-state index contributed by atoms with van der Waals surface area (Å²) in [5, 5.41) is 0. The molecule has 5 nitrogen and oxygen atoms in total. The lowest BCUT2D eigenvalue weighted by Gasteiger charge is -2.08. The third-order valence-corrected chi connectivity index (χ3v) is 3.31. The molecule has 0 atom stereocenters. The second-order valence-corrected chi connectivity index (χ2v) is 4.88. The number of fused-ring (bicyclic) bond motifs is 1. The molecule has 0 aliphatic rings. The molecule has 21 heavy (non-hydrogen) atoms. The summed E-state index contributed by atoms with van der Waals surface area (Å²) in [4.78, 5) is 16.1. The van der Waals surface area contributed by atoms with Gasteiger partial charge in [0, 0.05) is 11.8 Å². The molecule has 2 aromatic heterocycles. The van der Waals surface area contributed by atoms with E-state index in [1.54, 1.807) is 18.3 Å². The predicted octanol–water partition coefficient (Wildman–Crippen LogP) is 1.81. The van der Waals surface area contributed by atoms with Crippen molar-refractivity contribution in [1.29, 1.82) is 0 Å². The summed E-state index contributed by atoms with van der Waals surface area (Å²) in [6.45, 7) is 0.149. The fourth-order valence-electron chi connectivity index (χ4n) is 2.13. The lowest BCUT2D eigenvalue weighted by Crippen LogP contribution is -2.19. The van der Waals surface area contributed by atoms with Crippen LogP contribution in [0.5, 0.6) is 0 Å². The number of rotatable bonds is 3. The number of thiocarbonyl (C=S) groups is 1. The van der Waals surface area contributed by atoms with E-state index in [4.69, 9.17) is 22.4 Å². The van der Waals surface area contributed by atoms with Gasteiger partial charge >= 0.3 is 5.76 Å². The molecule has 3 rings (SSSR count). The van der Waals surface area contributed by atoms with Gasteiger partial charge in [-0.2, -0.15) is 0 Å². The Hall–Kier alpha value is -2.54. The summed E-state index contributed by atoms with van der Waals surface area (Å²) in [7, 11) is 0. The predicted molar refractivity (Wildman–Crippen MR) is 79.7 cm³/mol. The normalized spacial score (nSPS) is 10.9. The van der Waals surface area contributed by atoms with E-state index in [9.17, 15) is 9.18 Å². The summed E-state index contributed by atoms with van der Waals surface area (Å²) >= 11 is 4.92. The average Bonchev–Trinajstić information content (AvgIpc) is 2.77. The monoisotopic (exact) mass is 303 g/mol. The molecular weight excluding hydrogens is 293 g/mol. The largest absolute Gasteiger partial charge is 0.421 e. The average molecular weight is 303 g/mol. The van der Waals surface area contributed by atoms with E-state index >= 15 is 0 Å². The maximum atomic E-state index is 13.3. The van der Waals surface area contributed by atoms with Gasteiger partial charge in [0.25, 0.3) is 0 Å². The Morgan fingerprint density at radius 1 is 1.43 bits per heavy atom. The Morgan fingerprint density at radius 2 is 2.24 bits per heavy atom. The van der Waals surface area contributed by atoms with Crippen LogP contribution in [-0.4, -0.2) is 14.5 Å². The highest BCUT2D eigenvalue weighted by Gasteiger charge is 2.13. The molecule has 0 aliphatic heterocycles. The van der Waals surface area contributed by atoms with Gasteiger partial charge in [0.15, 0.2) is 11.2 Å². The molecule has 0 radical (unpaired) electrons. The summed E-state index contributed by atoms with van der Waals surface area (Å²) in [6, 6.07) is 7.40. The number of benzene rings is 1. The minimum Gasteiger partial charge on any atom is -0.406 e. The zero-order chi connectivity index (χ0) is 15.0. The Bertz CT molecular complexity index is 901. The summed E-state index contributed by atoms with van der Waals surface area (Å²) in [6.07, 6.45) is 1.56. The van der Waals surface area contributed by atoms with Crippen molar-refractivity contribution in [3.05, 3.63) is 64.0 Å². The van der Waals surface area contributed by atoms with Gasteiger partial charge < -0.3 is 10.2 Å². The Kier molecular flexibility index (Phi) is 3.26. The van der Waals surface area contributed by atoms with Crippen LogP contribution in [0, 0.1) is 5.82 Å². The van der Waals surface area contributed by atoms with Crippen molar-refractivity contribution in [3.8, 4) is 0 Å². The van der Waals surface area contributed by atoms with Gasteiger partial charge in [0.05, 0.1) is 6.54 Å². The zero-order valence-electron chi connectivity index (χ0n) is 10.7. The summed E-state index contributed by atoms with van der Waals surface area (Å²) in [5.41, 5.74) is 7.42. The van der Waals surface area contributed by atoms with Gasteiger partial charge in [-0.1, -0.05) is 18.3 Å². The third kappa shape index (κ3) is 2.43. The van der Waals surface area contributed by atoms with E-state index in [1.807, 2.05) is 0 Å². The van der Waals surface area contributed by atoms with Crippen molar-refractivity contribution in [2.45, 2.75) is 6.54 Å². The minimum absolute atomic E-state index is 0.0679. The number of pyridine rings is 1. The molecule has 0 aliphatic carbocycles. The smallest absolute Gasteiger partial charge is 0.406 e. The first-order valence-corrected chi connectivity index (χ1v) is 6.49. The van der Waals surface area contributed by atoms with Crippen LogP contribution in [0.1, 0.15) is 11.1 Å². The van der Waals surface area contributed by atoms with Gasteiger partial charge in [-0.15, -0.1) is 0 Å². The SMILES string of the molecule is NC(=S)c1cc(F)ccc1Cn1c(=O)oc2cccnc21. The molecule has 0 fully saturated rings. The first kappa shape index (κ1) is 13.4. The maximum Gasteiger partial charge on any atom is 0.421 e. The van der Waals surface area contributed by atoms with Crippen LogP contribution < -0.4 is 11.5 Å². The molecule has 7 heteroatoms. The summed E-state index contributed by atoms with van der Waals surface area (Å²) in [5.74, 6) is -0.981. The van der Waals surface area contributed by atoms with Crippen LogP contribution in [-0.2, 0) is 6.54 Å². The number of hydrogen-bond donors (Lipinski definition) is 1. The molecule has 0 bridgehead atoms. The van der Waals surface area contributed by atoms with Crippen molar-refractivity contribution >= 4 is 28.4 Å². The van der Waals surface area contributed by atoms with Crippen LogP contribution in [0.15, 0.2) is 45.7 Å². The highest BCUT2D eigenvalue weighted by Crippen LogP contribution is 2.15. The van der Waals surface area contributed by atoms with Gasteiger partial charge in [0.2, 0.25) is 0 Å². The lowest BCUT2D eigenvalue weighted by atomic mass is 10.1. The van der Waals surface area contributed by atoms with Crippen molar-refractivity contribution in [2.24, 2.45) is 5.73 Å². The van der Waals surface area contributed by atoms with E-state index in [-0.39, 0.29) is 11.5 Å². The van der Waals surface area contributed by atoms with Crippen molar-refractivity contribution in [1.82, 2.24) is 9.55 Å². The number of halogens is 1. The van der Waals surface area contributed by atoms with Crippen LogP contribution in [0.25, 0.3) is 11.2 Å². The van der Waals surface area contributed by atoms with Crippen LogP contribution in [0.2, 0.25) is 0 Å². The molecule has 2 heterocycles. The molecule has 0 amide bonds. The van der Waals surface area contributed by atoms with Crippen molar-refractivity contribution in [2.75, 3.05) is 0 Å². The standard InChI is InChI=1S/C14H10FN3O2S/c15-9-4-3-8(10(6-9)12(16)21)7-18-13-11(20-14(18)19)2-1-5-17-13/h1-6H,7H2,(H2,16,21). The molecular formula is C14H10FN3O2S. The van der Waals surface area contributed by atoms with Gasteiger partial charge in [0.1, 0.15) is 10.8 Å². The maximum absolute atomic E-state index is 13.3. The molecule has 0 unspecified atom stereocenters. The Morgan fingerprint density at radius 3 is 3.00 bits per heavy atom. The van der Waals surface area contributed by atoms with Gasteiger partial charge in [-0.25, -0.2) is 14.2 Å². The molecule has 0 saturated carbocycles. The second kappa shape index (κ2) is 5.10. The van der Waals surface area contributed by atoms with Crippen LogP contribution >= 0.6 is 12.2 Å². The van der Waals surface area contributed by atoms with Crippen molar-refractivity contribution < 1.29 is 8.81 Å². The van der Waals surface area contributed by atoms with Gasteiger partial charge in [-0.05, 0) is 29.8 Å². The fourth-order valence-corrected chi connectivity index (χ4v) is 2.32. The summed E-state index contributed by atoms with van der Waals surface area (Å²) < 4.78 is 19.8. The van der Waals surface area contributed by atoms with E-state index < -0.39 is 11.6 Å². The van der Waals surface area contributed by atoms with E-state index in [1.165, 1.54) is 22.8 Å². The molecule has 3 aromatic rings. The number of aromatic nitrogens is 2. The minimum atomic E-state index is -0.540. The number of hydrogen-bond acceptors (Lipinski definition) is 4. The lowest BCUT2D eigenvalue weighted by molar-refractivity contribution is 0.517. The van der Waals surface area contributed by atoms with E-state index in [0.29, 0.717) is 22.4 Å². The number of nitrogens with zero attached hydrogens (tertiary/aromatic N) is 2. The Labute approximate surface area is 123 Å². The van der Waals surface area contributed by atoms with E-state index in [2.05, 4.69) is 4.98 Å². The van der Waals surface area contributed by atoms with Gasteiger partial charge in [-0.3, -0.25) is 4.57 Å². The molecule has 106 valence electrons.